The molecule has 2 aromatic heterocycles. The van der Waals surface area contributed by atoms with Gasteiger partial charge in [0.15, 0.2) is 5.65 Å². The number of hydrogen-bond donors (Lipinski definition) is 0. The van der Waals surface area contributed by atoms with Crippen molar-refractivity contribution in [3.63, 3.8) is 0 Å². The van der Waals surface area contributed by atoms with Crippen molar-refractivity contribution < 1.29 is 0 Å². The van der Waals surface area contributed by atoms with Gasteiger partial charge in [0, 0.05) is 60.6 Å². The Morgan fingerprint density at radius 2 is 2.00 bits per heavy atom. The summed E-state index contributed by atoms with van der Waals surface area (Å²) in [5, 5.41) is 5.09. The number of anilines is 1. The summed E-state index contributed by atoms with van der Waals surface area (Å²) in [5.41, 5.74) is 1.44. The van der Waals surface area contributed by atoms with E-state index in [1.165, 1.54) is 9.08 Å². The average molecular weight is 410 g/mol. The number of pyridine rings is 1. The summed E-state index contributed by atoms with van der Waals surface area (Å²) in [4.78, 5) is 16.9. The smallest absolute Gasteiger partial charge is 0.354 e. The van der Waals surface area contributed by atoms with E-state index in [0.29, 0.717) is 5.65 Å². The standard InChI is InChI=1S/C22H24ClN5O/c1-22(2,9-11-28-21(29)27-10-4-3-8-20(27)24-28)17-25-12-14-26(15-13-25)19-7-5-6-18(23)16-19/h3-12,14,16H,13,15,17H2,1-2H3. The van der Waals surface area contributed by atoms with Crippen LogP contribution >= 0.6 is 11.6 Å². The van der Waals surface area contributed by atoms with Crippen LogP contribution in [0, 0.1) is 5.41 Å². The number of fused-ring (bicyclic) bond motifs is 1. The van der Waals surface area contributed by atoms with Crippen LogP contribution < -0.4 is 10.6 Å². The Bertz CT molecular complexity index is 1130. The maximum atomic E-state index is 12.4. The highest BCUT2D eigenvalue weighted by molar-refractivity contribution is 6.30. The van der Waals surface area contributed by atoms with Gasteiger partial charge in [-0.25, -0.2) is 9.20 Å². The first-order valence-electron chi connectivity index (χ1n) is 9.61. The van der Waals surface area contributed by atoms with Gasteiger partial charge in [-0.15, -0.1) is 5.10 Å². The molecule has 0 atom stereocenters. The molecule has 0 aliphatic carbocycles. The van der Waals surface area contributed by atoms with Crippen LogP contribution in [0.5, 0.6) is 0 Å². The van der Waals surface area contributed by atoms with Crippen LogP contribution in [0.25, 0.3) is 11.8 Å². The Kier molecular flexibility index (Phi) is 5.20. The molecular weight excluding hydrogens is 386 g/mol. The molecule has 29 heavy (non-hydrogen) atoms. The lowest BCUT2D eigenvalue weighted by molar-refractivity contribution is 0.276. The van der Waals surface area contributed by atoms with E-state index in [-0.39, 0.29) is 11.1 Å². The molecule has 0 spiro atoms. The molecule has 0 radical (unpaired) electrons. The number of aromatic nitrogens is 3. The molecule has 0 N–H and O–H groups in total. The fourth-order valence-corrected chi connectivity index (χ4v) is 3.63. The van der Waals surface area contributed by atoms with Crippen LogP contribution in [-0.4, -0.2) is 38.7 Å². The van der Waals surface area contributed by atoms with E-state index in [1.54, 1.807) is 12.4 Å². The first kappa shape index (κ1) is 19.3. The second-order valence-corrected chi connectivity index (χ2v) is 8.34. The molecule has 150 valence electrons. The summed E-state index contributed by atoms with van der Waals surface area (Å²) >= 11 is 6.10. The SMILES string of the molecule is CC(C)(C=Cn1nc2ccccn2c1=O)CN1C=CN(c2cccc(Cl)c2)CC1. The van der Waals surface area contributed by atoms with E-state index in [4.69, 9.17) is 11.6 Å². The lowest BCUT2D eigenvalue weighted by Crippen LogP contribution is -2.39. The van der Waals surface area contributed by atoms with E-state index in [0.717, 1.165) is 30.3 Å². The molecule has 0 fully saturated rings. The number of rotatable bonds is 5. The zero-order valence-electron chi connectivity index (χ0n) is 16.6. The van der Waals surface area contributed by atoms with Crippen molar-refractivity contribution in [2.75, 3.05) is 24.5 Å². The van der Waals surface area contributed by atoms with E-state index in [2.05, 4.69) is 47.2 Å². The van der Waals surface area contributed by atoms with Gasteiger partial charge in [0.25, 0.3) is 0 Å². The van der Waals surface area contributed by atoms with Crippen LogP contribution in [0.1, 0.15) is 13.8 Å². The minimum Gasteiger partial charge on any atom is -0.374 e. The van der Waals surface area contributed by atoms with Crippen molar-refractivity contribution >= 4 is 29.1 Å². The van der Waals surface area contributed by atoms with Crippen molar-refractivity contribution in [3.8, 4) is 0 Å². The van der Waals surface area contributed by atoms with E-state index in [9.17, 15) is 4.79 Å². The molecule has 0 bridgehead atoms. The van der Waals surface area contributed by atoms with Gasteiger partial charge in [-0.2, -0.15) is 4.68 Å². The molecule has 0 saturated heterocycles. The fraction of sp³-hybridized carbons (Fsp3) is 0.273. The largest absolute Gasteiger partial charge is 0.374 e. The van der Waals surface area contributed by atoms with Crippen LogP contribution in [-0.2, 0) is 0 Å². The van der Waals surface area contributed by atoms with Gasteiger partial charge in [0.05, 0.1) is 0 Å². The van der Waals surface area contributed by atoms with Gasteiger partial charge in [0.1, 0.15) is 0 Å². The second kappa shape index (κ2) is 7.79. The Labute approximate surface area is 174 Å². The number of hydrogen-bond acceptors (Lipinski definition) is 4. The topological polar surface area (TPSA) is 45.8 Å². The Hall–Kier alpha value is -2.99. The Morgan fingerprint density at radius 1 is 1.14 bits per heavy atom. The predicted octanol–water partition coefficient (Wildman–Crippen LogP) is 3.94. The minimum absolute atomic E-state index is 0.127. The molecule has 1 aliphatic heterocycles. The van der Waals surface area contributed by atoms with E-state index < -0.39 is 0 Å². The molecule has 0 amide bonds. The third-order valence-electron chi connectivity index (χ3n) is 4.95. The molecule has 0 unspecified atom stereocenters. The van der Waals surface area contributed by atoms with Crippen molar-refractivity contribution in [2.45, 2.75) is 13.8 Å². The van der Waals surface area contributed by atoms with Crippen molar-refractivity contribution in [3.05, 3.63) is 82.6 Å². The maximum absolute atomic E-state index is 12.4. The first-order valence-corrected chi connectivity index (χ1v) is 9.99. The summed E-state index contributed by atoms with van der Waals surface area (Å²) in [6.45, 7) is 6.95. The van der Waals surface area contributed by atoms with Gasteiger partial charge < -0.3 is 9.80 Å². The van der Waals surface area contributed by atoms with Gasteiger partial charge in [-0.05, 0) is 30.3 Å². The van der Waals surface area contributed by atoms with Crippen LogP contribution in [0.3, 0.4) is 0 Å². The zero-order chi connectivity index (χ0) is 20.4. The Morgan fingerprint density at radius 3 is 2.72 bits per heavy atom. The maximum Gasteiger partial charge on any atom is 0.354 e. The highest BCUT2D eigenvalue weighted by atomic mass is 35.5. The lowest BCUT2D eigenvalue weighted by Gasteiger charge is -2.35. The monoisotopic (exact) mass is 409 g/mol. The van der Waals surface area contributed by atoms with Gasteiger partial charge in [0.2, 0.25) is 0 Å². The molecule has 0 saturated carbocycles. The third kappa shape index (κ3) is 4.38. The molecule has 3 heterocycles. The molecule has 3 aromatic rings. The third-order valence-corrected chi connectivity index (χ3v) is 5.19. The van der Waals surface area contributed by atoms with Crippen LogP contribution in [0.2, 0.25) is 5.02 Å². The fourth-order valence-electron chi connectivity index (χ4n) is 3.45. The van der Waals surface area contributed by atoms with Crippen molar-refractivity contribution in [1.29, 1.82) is 0 Å². The van der Waals surface area contributed by atoms with Crippen LogP contribution in [0.15, 0.2) is 71.9 Å². The summed E-state index contributed by atoms with van der Waals surface area (Å²) in [6.07, 6.45) is 9.72. The highest BCUT2D eigenvalue weighted by Crippen LogP contribution is 2.24. The van der Waals surface area contributed by atoms with E-state index >= 15 is 0 Å². The van der Waals surface area contributed by atoms with Crippen LogP contribution in [0.4, 0.5) is 5.69 Å². The summed E-state index contributed by atoms with van der Waals surface area (Å²) in [7, 11) is 0. The van der Waals surface area contributed by atoms with E-state index in [1.807, 2.05) is 42.5 Å². The molecule has 4 rings (SSSR count). The second-order valence-electron chi connectivity index (χ2n) is 7.90. The van der Waals surface area contributed by atoms with Gasteiger partial charge in [-0.3, -0.25) is 0 Å². The summed E-state index contributed by atoms with van der Waals surface area (Å²) in [6, 6.07) is 13.4. The van der Waals surface area contributed by atoms with Gasteiger partial charge in [-0.1, -0.05) is 43.7 Å². The molecule has 6 nitrogen and oxygen atoms in total. The van der Waals surface area contributed by atoms with Crippen molar-refractivity contribution in [2.24, 2.45) is 5.41 Å². The van der Waals surface area contributed by atoms with Crippen molar-refractivity contribution in [1.82, 2.24) is 19.1 Å². The zero-order valence-corrected chi connectivity index (χ0v) is 17.3. The summed E-state index contributed by atoms with van der Waals surface area (Å²) < 4.78 is 2.93. The molecule has 7 heteroatoms. The minimum atomic E-state index is -0.164. The highest BCUT2D eigenvalue weighted by Gasteiger charge is 2.20. The predicted molar refractivity (Wildman–Crippen MR) is 118 cm³/mol. The normalized spacial score (nSPS) is 15.0. The Balaban J connectivity index is 1.43. The number of nitrogens with zero attached hydrogens (tertiary/aromatic N) is 5. The molecular formula is C22H24ClN5O. The molecule has 1 aromatic carbocycles. The first-order chi connectivity index (χ1) is 13.9. The quantitative estimate of drug-likeness (QED) is 0.640. The summed E-state index contributed by atoms with van der Waals surface area (Å²) in [5.74, 6) is 0. The average Bonchev–Trinajstić information content (AvgIpc) is 3.03. The molecule has 1 aliphatic rings. The lowest BCUT2D eigenvalue weighted by atomic mass is 9.92. The number of halogens is 1. The number of benzene rings is 1. The van der Waals surface area contributed by atoms with Gasteiger partial charge >= 0.3 is 5.69 Å².